The third kappa shape index (κ3) is 2.66. The lowest BCUT2D eigenvalue weighted by atomic mass is 9.98. The zero-order chi connectivity index (χ0) is 10.6. The molecule has 0 fully saturated rings. The van der Waals surface area contributed by atoms with Crippen LogP contribution in [-0.2, 0) is 0 Å². The molecule has 1 aromatic rings. The van der Waals surface area contributed by atoms with Crippen molar-refractivity contribution in [3.05, 3.63) is 21.9 Å². The van der Waals surface area contributed by atoms with Crippen LogP contribution in [0, 0.1) is 12.8 Å². The van der Waals surface area contributed by atoms with Crippen LogP contribution in [0.4, 0.5) is 0 Å². The van der Waals surface area contributed by atoms with Crippen LogP contribution in [0.3, 0.4) is 0 Å². The van der Waals surface area contributed by atoms with Gasteiger partial charge in [0.05, 0.1) is 4.88 Å². The molecule has 0 aliphatic rings. The van der Waals surface area contributed by atoms with Gasteiger partial charge in [-0.25, -0.2) is 0 Å². The molecule has 0 aromatic carbocycles. The van der Waals surface area contributed by atoms with Gasteiger partial charge in [0, 0.05) is 6.42 Å². The molecule has 1 rings (SSSR count). The molecule has 2 N–H and O–H groups in total. The van der Waals surface area contributed by atoms with E-state index in [4.69, 9.17) is 5.73 Å². The molecule has 0 aliphatic carbocycles. The monoisotopic (exact) mass is 211 g/mol. The lowest BCUT2D eigenvalue weighted by Gasteiger charge is -2.10. The maximum absolute atomic E-state index is 11.8. The van der Waals surface area contributed by atoms with Gasteiger partial charge in [-0.05, 0) is 36.4 Å². The Bertz CT molecular complexity index is 302. The standard InChI is InChI=1S/C11H17NOS/c1-3-9(7-12)6-10(13)11-8(2)4-5-14-11/h4-5,9H,3,6-7,12H2,1-2H3. The van der Waals surface area contributed by atoms with Crippen molar-refractivity contribution >= 4 is 17.1 Å². The van der Waals surface area contributed by atoms with Crippen molar-refractivity contribution in [2.75, 3.05) is 6.54 Å². The fraction of sp³-hybridized carbons (Fsp3) is 0.545. The molecular formula is C11H17NOS. The maximum Gasteiger partial charge on any atom is 0.173 e. The molecule has 0 bridgehead atoms. The summed E-state index contributed by atoms with van der Waals surface area (Å²) in [6.45, 7) is 4.66. The van der Waals surface area contributed by atoms with Gasteiger partial charge in [0.25, 0.3) is 0 Å². The zero-order valence-corrected chi connectivity index (χ0v) is 9.56. The lowest BCUT2D eigenvalue weighted by Crippen LogP contribution is -2.17. The van der Waals surface area contributed by atoms with Crippen LogP contribution in [0.15, 0.2) is 11.4 Å². The van der Waals surface area contributed by atoms with E-state index in [2.05, 4.69) is 6.92 Å². The van der Waals surface area contributed by atoms with Crippen molar-refractivity contribution in [2.24, 2.45) is 11.7 Å². The van der Waals surface area contributed by atoms with E-state index in [1.807, 2.05) is 18.4 Å². The predicted octanol–water partition coefficient (Wildman–Crippen LogP) is 2.61. The van der Waals surface area contributed by atoms with Crippen LogP contribution in [-0.4, -0.2) is 12.3 Å². The van der Waals surface area contributed by atoms with Gasteiger partial charge in [0.1, 0.15) is 0 Å². The summed E-state index contributed by atoms with van der Waals surface area (Å²) in [7, 11) is 0. The van der Waals surface area contributed by atoms with Gasteiger partial charge < -0.3 is 5.73 Å². The number of Topliss-reactive ketones (excluding diaryl/α,β-unsaturated/α-hetero) is 1. The minimum atomic E-state index is 0.245. The minimum absolute atomic E-state index is 0.245. The number of hydrogen-bond donors (Lipinski definition) is 1. The van der Waals surface area contributed by atoms with E-state index >= 15 is 0 Å². The van der Waals surface area contributed by atoms with Crippen LogP contribution >= 0.6 is 11.3 Å². The van der Waals surface area contributed by atoms with Crippen LogP contribution < -0.4 is 5.73 Å². The number of hydrogen-bond acceptors (Lipinski definition) is 3. The maximum atomic E-state index is 11.8. The first-order chi connectivity index (χ1) is 6.69. The quantitative estimate of drug-likeness (QED) is 0.761. The van der Waals surface area contributed by atoms with Crippen molar-refractivity contribution in [3.63, 3.8) is 0 Å². The third-order valence-corrected chi connectivity index (χ3v) is 3.56. The largest absolute Gasteiger partial charge is 0.330 e. The Morgan fingerprint density at radius 1 is 1.64 bits per heavy atom. The van der Waals surface area contributed by atoms with Crippen molar-refractivity contribution in [1.82, 2.24) is 0 Å². The normalized spacial score (nSPS) is 12.8. The molecule has 0 amide bonds. The van der Waals surface area contributed by atoms with E-state index in [1.165, 1.54) is 11.3 Å². The first-order valence-corrected chi connectivity index (χ1v) is 5.84. The first-order valence-electron chi connectivity index (χ1n) is 4.96. The molecule has 14 heavy (non-hydrogen) atoms. The average Bonchev–Trinajstić information content (AvgIpc) is 2.60. The smallest absolute Gasteiger partial charge is 0.173 e. The van der Waals surface area contributed by atoms with Crippen LogP contribution in [0.25, 0.3) is 0 Å². The Labute approximate surface area is 89.1 Å². The van der Waals surface area contributed by atoms with Crippen molar-refractivity contribution < 1.29 is 4.79 Å². The molecule has 0 radical (unpaired) electrons. The summed E-state index contributed by atoms with van der Waals surface area (Å²) in [5, 5.41) is 1.96. The third-order valence-electron chi connectivity index (χ3n) is 2.50. The molecule has 1 heterocycles. The molecule has 1 atom stereocenters. The number of rotatable bonds is 5. The van der Waals surface area contributed by atoms with E-state index in [-0.39, 0.29) is 5.78 Å². The highest BCUT2D eigenvalue weighted by Crippen LogP contribution is 2.20. The van der Waals surface area contributed by atoms with Gasteiger partial charge >= 0.3 is 0 Å². The summed E-state index contributed by atoms with van der Waals surface area (Å²) >= 11 is 1.53. The molecule has 1 unspecified atom stereocenters. The summed E-state index contributed by atoms with van der Waals surface area (Å²) in [4.78, 5) is 12.7. The second-order valence-electron chi connectivity index (χ2n) is 3.57. The average molecular weight is 211 g/mol. The van der Waals surface area contributed by atoms with E-state index in [1.54, 1.807) is 0 Å². The number of thiophene rings is 1. The van der Waals surface area contributed by atoms with Crippen molar-refractivity contribution in [1.29, 1.82) is 0 Å². The number of aryl methyl sites for hydroxylation is 1. The summed E-state index contributed by atoms with van der Waals surface area (Å²) in [5.74, 6) is 0.582. The Kier molecular flexibility index (Phi) is 4.29. The van der Waals surface area contributed by atoms with E-state index in [0.29, 0.717) is 18.9 Å². The number of nitrogens with two attached hydrogens (primary N) is 1. The molecule has 0 aliphatic heterocycles. The molecule has 2 nitrogen and oxygen atoms in total. The van der Waals surface area contributed by atoms with Gasteiger partial charge in [-0.15, -0.1) is 11.3 Å². The van der Waals surface area contributed by atoms with E-state index < -0.39 is 0 Å². The van der Waals surface area contributed by atoms with Gasteiger partial charge in [-0.1, -0.05) is 13.3 Å². The minimum Gasteiger partial charge on any atom is -0.330 e. The second kappa shape index (κ2) is 5.27. The molecule has 0 spiro atoms. The van der Waals surface area contributed by atoms with Crippen LogP contribution in [0.2, 0.25) is 0 Å². The molecule has 0 saturated carbocycles. The SMILES string of the molecule is CCC(CN)CC(=O)c1sccc1C. The molecule has 1 aromatic heterocycles. The van der Waals surface area contributed by atoms with E-state index in [0.717, 1.165) is 16.9 Å². The highest BCUT2D eigenvalue weighted by molar-refractivity contribution is 7.12. The Morgan fingerprint density at radius 3 is 2.79 bits per heavy atom. The lowest BCUT2D eigenvalue weighted by molar-refractivity contribution is 0.0965. The Morgan fingerprint density at radius 2 is 2.36 bits per heavy atom. The van der Waals surface area contributed by atoms with Gasteiger partial charge in [0.15, 0.2) is 5.78 Å². The van der Waals surface area contributed by atoms with E-state index in [9.17, 15) is 4.79 Å². The van der Waals surface area contributed by atoms with Crippen LogP contribution in [0.1, 0.15) is 35.0 Å². The fourth-order valence-corrected chi connectivity index (χ4v) is 2.28. The number of carbonyl (C=O) groups excluding carboxylic acids is 1. The summed E-state index contributed by atoms with van der Waals surface area (Å²) < 4.78 is 0. The summed E-state index contributed by atoms with van der Waals surface area (Å²) in [6.07, 6.45) is 1.57. The summed E-state index contributed by atoms with van der Waals surface area (Å²) in [6, 6.07) is 1.99. The van der Waals surface area contributed by atoms with Gasteiger partial charge in [-0.3, -0.25) is 4.79 Å². The fourth-order valence-electron chi connectivity index (χ4n) is 1.41. The highest BCUT2D eigenvalue weighted by Gasteiger charge is 2.14. The molecule has 3 heteroatoms. The number of carbonyl (C=O) groups is 1. The second-order valence-corrected chi connectivity index (χ2v) is 4.49. The van der Waals surface area contributed by atoms with Crippen LogP contribution in [0.5, 0.6) is 0 Å². The topological polar surface area (TPSA) is 43.1 Å². The zero-order valence-electron chi connectivity index (χ0n) is 8.75. The first kappa shape index (κ1) is 11.4. The Balaban J connectivity index is 2.63. The summed E-state index contributed by atoms with van der Waals surface area (Å²) in [5.41, 5.74) is 6.66. The number of ketones is 1. The molecule has 0 saturated heterocycles. The van der Waals surface area contributed by atoms with Gasteiger partial charge in [0.2, 0.25) is 0 Å². The predicted molar refractivity (Wildman–Crippen MR) is 60.8 cm³/mol. The molecular weight excluding hydrogens is 194 g/mol. The van der Waals surface area contributed by atoms with Crippen molar-refractivity contribution in [3.8, 4) is 0 Å². The van der Waals surface area contributed by atoms with Crippen molar-refractivity contribution in [2.45, 2.75) is 26.7 Å². The van der Waals surface area contributed by atoms with Gasteiger partial charge in [-0.2, -0.15) is 0 Å². The Hall–Kier alpha value is -0.670. The highest BCUT2D eigenvalue weighted by atomic mass is 32.1. The molecule has 78 valence electrons.